The predicted octanol–water partition coefficient (Wildman–Crippen LogP) is 3.91. The lowest BCUT2D eigenvalue weighted by atomic mass is 10.2. The highest BCUT2D eigenvalue weighted by molar-refractivity contribution is 7.17. The van der Waals surface area contributed by atoms with E-state index < -0.39 is 11.8 Å². The van der Waals surface area contributed by atoms with Gasteiger partial charge < -0.3 is 5.11 Å². The first-order valence-corrected chi connectivity index (χ1v) is 5.56. The molecule has 0 aliphatic carbocycles. The molecule has 5 heteroatoms. The van der Waals surface area contributed by atoms with E-state index >= 15 is 0 Å². The van der Waals surface area contributed by atoms with Crippen molar-refractivity contribution in [2.75, 3.05) is 0 Å². The Kier molecular flexibility index (Phi) is 2.94. The average Bonchev–Trinajstić information content (AvgIpc) is 2.66. The molecule has 2 nitrogen and oxygen atoms in total. The summed E-state index contributed by atoms with van der Waals surface area (Å²) in [4.78, 5) is 11.4. The van der Waals surface area contributed by atoms with Gasteiger partial charge in [-0.25, -0.2) is 9.18 Å². The van der Waals surface area contributed by atoms with Crippen molar-refractivity contribution in [1.29, 1.82) is 0 Å². The molecule has 0 radical (unpaired) electrons. The molecule has 1 aromatic heterocycles. The third-order valence-electron chi connectivity index (χ3n) is 2.01. The minimum Gasteiger partial charge on any atom is -0.477 e. The van der Waals surface area contributed by atoms with Crippen molar-refractivity contribution >= 4 is 28.9 Å². The SMILES string of the molecule is O=C(O)c1ccc(-c2ccc(Cl)cc2F)s1. The molecule has 2 rings (SSSR count). The number of carbonyl (C=O) groups is 1. The van der Waals surface area contributed by atoms with Gasteiger partial charge in [-0.05, 0) is 30.3 Å². The number of carboxylic acids is 1. The standard InChI is InChI=1S/C11H6ClFO2S/c12-6-1-2-7(8(13)5-6)9-3-4-10(16-9)11(14)15/h1-5H,(H,14,15). The summed E-state index contributed by atoms with van der Waals surface area (Å²) < 4.78 is 13.5. The van der Waals surface area contributed by atoms with Crippen LogP contribution in [-0.2, 0) is 0 Å². The fourth-order valence-corrected chi connectivity index (χ4v) is 2.32. The van der Waals surface area contributed by atoms with E-state index in [1.54, 1.807) is 12.1 Å². The van der Waals surface area contributed by atoms with E-state index in [0.717, 1.165) is 11.3 Å². The third kappa shape index (κ3) is 2.08. The number of thiophene rings is 1. The lowest BCUT2D eigenvalue weighted by molar-refractivity contribution is 0.0702. The Hall–Kier alpha value is -1.39. The van der Waals surface area contributed by atoms with E-state index in [1.807, 2.05) is 0 Å². The van der Waals surface area contributed by atoms with Gasteiger partial charge in [-0.15, -0.1) is 11.3 Å². The van der Waals surface area contributed by atoms with Crippen LogP contribution in [0.15, 0.2) is 30.3 Å². The smallest absolute Gasteiger partial charge is 0.345 e. The predicted molar refractivity (Wildman–Crippen MR) is 61.7 cm³/mol. The minimum atomic E-state index is -1.01. The zero-order valence-electron chi connectivity index (χ0n) is 7.91. The number of hydrogen-bond acceptors (Lipinski definition) is 2. The number of aromatic carboxylic acids is 1. The van der Waals surface area contributed by atoms with Crippen LogP contribution >= 0.6 is 22.9 Å². The van der Waals surface area contributed by atoms with Gasteiger partial charge in [-0.1, -0.05) is 11.6 Å². The second-order valence-corrected chi connectivity index (χ2v) is 4.61. The van der Waals surface area contributed by atoms with E-state index in [2.05, 4.69) is 0 Å². The summed E-state index contributed by atoms with van der Waals surface area (Å²) in [5.41, 5.74) is 0.363. The summed E-state index contributed by atoms with van der Waals surface area (Å²) in [7, 11) is 0. The Labute approximate surface area is 99.9 Å². The molecule has 82 valence electrons. The first kappa shape index (κ1) is 11.1. The molecule has 1 heterocycles. The monoisotopic (exact) mass is 256 g/mol. The van der Waals surface area contributed by atoms with Crippen molar-refractivity contribution in [3.63, 3.8) is 0 Å². The van der Waals surface area contributed by atoms with E-state index in [1.165, 1.54) is 18.2 Å². The zero-order chi connectivity index (χ0) is 11.7. The summed E-state index contributed by atoms with van der Waals surface area (Å²) in [5, 5.41) is 9.07. The van der Waals surface area contributed by atoms with E-state index in [0.29, 0.717) is 15.5 Å². The number of halogens is 2. The summed E-state index contributed by atoms with van der Waals surface area (Å²) >= 11 is 6.66. The maximum atomic E-state index is 13.5. The quantitative estimate of drug-likeness (QED) is 0.885. The van der Waals surface area contributed by atoms with Crippen molar-refractivity contribution in [1.82, 2.24) is 0 Å². The summed E-state index contributed by atoms with van der Waals surface area (Å²) in [6.07, 6.45) is 0. The fraction of sp³-hybridized carbons (Fsp3) is 0. The van der Waals surface area contributed by atoms with Gasteiger partial charge in [-0.3, -0.25) is 0 Å². The highest BCUT2D eigenvalue weighted by atomic mass is 35.5. The Bertz CT molecular complexity index is 551. The van der Waals surface area contributed by atoms with Crippen LogP contribution < -0.4 is 0 Å². The molecule has 1 aromatic carbocycles. The van der Waals surface area contributed by atoms with Crippen molar-refractivity contribution in [3.8, 4) is 10.4 Å². The molecule has 0 saturated heterocycles. The maximum absolute atomic E-state index is 13.5. The molecule has 0 spiro atoms. The van der Waals surface area contributed by atoms with Gasteiger partial charge in [0.15, 0.2) is 0 Å². The molecule has 0 aliphatic rings. The van der Waals surface area contributed by atoms with Crippen LogP contribution in [0.25, 0.3) is 10.4 Å². The van der Waals surface area contributed by atoms with Crippen molar-refractivity contribution in [2.24, 2.45) is 0 Å². The van der Waals surface area contributed by atoms with Gasteiger partial charge in [0.05, 0.1) is 0 Å². The van der Waals surface area contributed by atoms with Gasteiger partial charge in [0.1, 0.15) is 10.7 Å². The van der Waals surface area contributed by atoms with Gasteiger partial charge in [0, 0.05) is 15.5 Å². The summed E-state index contributed by atoms with van der Waals surface area (Å²) in [6, 6.07) is 7.35. The van der Waals surface area contributed by atoms with Crippen LogP contribution in [-0.4, -0.2) is 11.1 Å². The second kappa shape index (κ2) is 4.23. The first-order chi connectivity index (χ1) is 7.58. The van der Waals surface area contributed by atoms with Gasteiger partial charge >= 0.3 is 5.97 Å². The average molecular weight is 257 g/mol. The lowest BCUT2D eigenvalue weighted by Gasteiger charge is -1.99. The topological polar surface area (TPSA) is 37.3 Å². The van der Waals surface area contributed by atoms with Crippen LogP contribution in [0.2, 0.25) is 5.02 Å². The van der Waals surface area contributed by atoms with E-state index in [4.69, 9.17) is 16.7 Å². The normalized spacial score (nSPS) is 10.4. The summed E-state index contributed by atoms with van der Waals surface area (Å²) in [5.74, 6) is -1.46. The molecule has 0 fully saturated rings. The first-order valence-electron chi connectivity index (χ1n) is 4.36. The molecule has 1 N–H and O–H groups in total. The van der Waals surface area contributed by atoms with E-state index in [9.17, 15) is 9.18 Å². The van der Waals surface area contributed by atoms with Crippen molar-refractivity contribution in [2.45, 2.75) is 0 Å². The lowest BCUT2D eigenvalue weighted by Crippen LogP contribution is -1.89. The van der Waals surface area contributed by atoms with Crippen LogP contribution in [0.1, 0.15) is 9.67 Å². The minimum absolute atomic E-state index is 0.185. The van der Waals surface area contributed by atoms with Crippen molar-refractivity contribution < 1.29 is 14.3 Å². The molecular formula is C11H6ClFO2S. The molecule has 0 unspecified atom stereocenters. The molecule has 16 heavy (non-hydrogen) atoms. The van der Waals surface area contributed by atoms with Crippen molar-refractivity contribution in [3.05, 3.63) is 46.0 Å². The number of benzene rings is 1. The summed E-state index contributed by atoms with van der Waals surface area (Å²) in [6.45, 7) is 0. The Morgan fingerprint density at radius 3 is 2.62 bits per heavy atom. The van der Waals surface area contributed by atoms with Gasteiger partial charge in [0.25, 0.3) is 0 Å². The molecule has 0 amide bonds. The second-order valence-electron chi connectivity index (χ2n) is 3.09. The Morgan fingerprint density at radius 2 is 2.06 bits per heavy atom. The highest BCUT2D eigenvalue weighted by Gasteiger charge is 2.11. The molecule has 2 aromatic rings. The molecule has 0 aliphatic heterocycles. The Balaban J connectivity index is 2.46. The van der Waals surface area contributed by atoms with Crippen LogP contribution in [0, 0.1) is 5.82 Å². The zero-order valence-corrected chi connectivity index (χ0v) is 9.48. The van der Waals surface area contributed by atoms with Gasteiger partial charge in [-0.2, -0.15) is 0 Å². The highest BCUT2D eigenvalue weighted by Crippen LogP contribution is 2.31. The fourth-order valence-electron chi connectivity index (χ4n) is 1.29. The third-order valence-corrected chi connectivity index (χ3v) is 3.35. The number of carboxylic acid groups (broad SMARTS) is 1. The largest absolute Gasteiger partial charge is 0.477 e. The van der Waals surface area contributed by atoms with Gasteiger partial charge in [0.2, 0.25) is 0 Å². The molecular weight excluding hydrogens is 251 g/mol. The van der Waals surface area contributed by atoms with E-state index in [-0.39, 0.29) is 4.88 Å². The molecule has 0 atom stereocenters. The number of hydrogen-bond donors (Lipinski definition) is 1. The molecule has 0 saturated carbocycles. The van der Waals surface area contributed by atoms with Crippen LogP contribution in [0.3, 0.4) is 0 Å². The maximum Gasteiger partial charge on any atom is 0.345 e. The Morgan fingerprint density at radius 1 is 1.31 bits per heavy atom. The molecule has 0 bridgehead atoms. The van der Waals surface area contributed by atoms with Crippen LogP contribution in [0.5, 0.6) is 0 Å². The number of rotatable bonds is 2. The van der Waals surface area contributed by atoms with Crippen LogP contribution in [0.4, 0.5) is 4.39 Å².